The molecule has 0 aromatic heterocycles. The van der Waals surface area contributed by atoms with Gasteiger partial charge in [0.25, 0.3) is 0 Å². The maximum absolute atomic E-state index is 11.7. The molecule has 1 heterocycles. The smallest absolute Gasteiger partial charge is 0.233 e. The molecule has 1 fully saturated rings. The van der Waals surface area contributed by atoms with Crippen molar-refractivity contribution < 1.29 is 9.59 Å². The van der Waals surface area contributed by atoms with Gasteiger partial charge in [-0.05, 0) is 18.6 Å². The fraction of sp³-hybridized carbons (Fsp3) is 0.273. The average Bonchev–Trinajstić information content (AvgIpc) is 2.24. The van der Waals surface area contributed by atoms with Gasteiger partial charge in [-0.2, -0.15) is 0 Å². The molecule has 1 saturated heterocycles. The molecule has 0 atom stereocenters. The standard InChI is InChI=1S/C11H9Cl2NO2/c12-7-3-1-4-8(11(7)13)14-9(15)5-2-6-10(14)16/h1,3-4H,2,5-6H2. The molecule has 1 aliphatic rings. The Morgan fingerprint density at radius 1 is 1.06 bits per heavy atom. The topological polar surface area (TPSA) is 37.4 Å². The van der Waals surface area contributed by atoms with Crippen molar-refractivity contribution >= 4 is 40.7 Å². The van der Waals surface area contributed by atoms with E-state index < -0.39 is 0 Å². The molecular weight excluding hydrogens is 249 g/mol. The van der Waals surface area contributed by atoms with Crippen LogP contribution in [0.1, 0.15) is 19.3 Å². The molecule has 2 rings (SSSR count). The van der Waals surface area contributed by atoms with Gasteiger partial charge in [0.1, 0.15) is 0 Å². The van der Waals surface area contributed by atoms with Crippen molar-refractivity contribution in [1.29, 1.82) is 0 Å². The van der Waals surface area contributed by atoms with Crippen molar-refractivity contribution in [2.24, 2.45) is 0 Å². The number of rotatable bonds is 1. The molecule has 0 N–H and O–H groups in total. The third-order valence-corrected chi connectivity index (χ3v) is 3.26. The van der Waals surface area contributed by atoms with Gasteiger partial charge in [0, 0.05) is 12.8 Å². The van der Waals surface area contributed by atoms with E-state index in [1.54, 1.807) is 18.2 Å². The summed E-state index contributed by atoms with van der Waals surface area (Å²) in [7, 11) is 0. The van der Waals surface area contributed by atoms with Gasteiger partial charge in [-0.25, -0.2) is 4.90 Å². The molecule has 0 spiro atoms. The zero-order valence-corrected chi connectivity index (χ0v) is 9.88. The Hall–Kier alpha value is -1.06. The zero-order valence-electron chi connectivity index (χ0n) is 8.37. The van der Waals surface area contributed by atoms with Gasteiger partial charge in [0.05, 0.1) is 15.7 Å². The normalized spacial score (nSPS) is 16.8. The third kappa shape index (κ3) is 1.93. The van der Waals surface area contributed by atoms with Gasteiger partial charge in [-0.15, -0.1) is 0 Å². The first-order valence-electron chi connectivity index (χ1n) is 4.91. The van der Waals surface area contributed by atoms with E-state index in [0.717, 1.165) is 4.90 Å². The first-order valence-corrected chi connectivity index (χ1v) is 5.66. The Morgan fingerprint density at radius 2 is 1.69 bits per heavy atom. The van der Waals surface area contributed by atoms with E-state index in [9.17, 15) is 9.59 Å². The highest BCUT2D eigenvalue weighted by molar-refractivity contribution is 6.44. The Bertz CT molecular complexity index is 443. The molecule has 1 aromatic carbocycles. The number of carbonyl (C=O) groups excluding carboxylic acids is 2. The molecule has 0 radical (unpaired) electrons. The minimum absolute atomic E-state index is 0.222. The second-order valence-electron chi connectivity index (χ2n) is 3.55. The van der Waals surface area contributed by atoms with Crippen LogP contribution in [0.3, 0.4) is 0 Å². The van der Waals surface area contributed by atoms with E-state index in [4.69, 9.17) is 23.2 Å². The summed E-state index contributed by atoms with van der Waals surface area (Å²) in [5, 5.41) is 0.582. The maximum atomic E-state index is 11.7. The Morgan fingerprint density at radius 3 is 2.31 bits per heavy atom. The highest BCUT2D eigenvalue weighted by Gasteiger charge is 2.29. The van der Waals surface area contributed by atoms with Crippen LogP contribution in [-0.4, -0.2) is 11.8 Å². The van der Waals surface area contributed by atoms with Crippen LogP contribution < -0.4 is 4.90 Å². The molecule has 1 aliphatic heterocycles. The van der Waals surface area contributed by atoms with Crippen LogP contribution in [0, 0.1) is 0 Å². The van der Waals surface area contributed by atoms with E-state index in [2.05, 4.69) is 0 Å². The van der Waals surface area contributed by atoms with Crippen LogP contribution in [0.25, 0.3) is 0 Å². The number of benzene rings is 1. The second-order valence-corrected chi connectivity index (χ2v) is 4.33. The highest BCUT2D eigenvalue weighted by Crippen LogP contribution is 2.34. The monoisotopic (exact) mass is 257 g/mol. The van der Waals surface area contributed by atoms with Crippen molar-refractivity contribution in [3.63, 3.8) is 0 Å². The Kier molecular flexibility index (Phi) is 3.17. The number of nitrogens with zero attached hydrogens (tertiary/aromatic N) is 1. The predicted molar refractivity (Wildman–Crippen MR) is 62.8 cm³/mol. The van der Waals surface area contributed by atoms with Crippen molar-refractivity contribution in [2.45, 2.75) is 19.3 Å². The van der Waals surface area contributed by atoms with Crippen LogP contribution in [-0.2, 0) is 9.59 Å². The molecule has 0 unspecified atom stereocenters. The number of hydrogen-bond acceptors (Lipinski definition) is 2. The lowest BCUT2D eigenvalue weighted by Crippen LogP contribution is -2.40. The first-order chi connectivity index (χ1) is 7.61. The summed E-state index contributed by atoms with van der Waals surface area (Å²) in [5.41, 5.74) is 0.379. The fourth-order valence-corrected chi connectivity index (χ4v) is 2.07. The van der Waals surface area contributed by atoms with E-state index in [1.807, 2.05) is 0 Å². The lowest BCUT2D eigenvalue weighted by atomic mass is 10.1. The fourth-order valence-electron chi connectivity index (χ4n) is 1.69. The number of anilines is 1. The van der Waals surface area contributed by atoms with Crippen molar-refractivity contribution in [2.75, 3.05) is 4.90 Å². The molecule has 16 heavy (non-hydrogen) atoms. The molecule has 0 bridgehead atoms. The third-order valence-electron chi connectivity index (χ3n) is 2.45. The quantitative estimate of drug-likeness (QED) is 0.726. The van der Waals surface area contributed by atoms with Crippen molar-refractivity contribution in [3.05, 3.63) is 28.2 Å². The first kappa shape index (κ1) is 11.4. The summed E-state index contributed by atoms with van der Waals surface area (Å²) in [6.07, 6.45) is 1.34. The molecule has 3 nitrogen and oxygen atoms in total. The summed E-state index contributed by atoms with van der Waals surface area (Å²) in [6, 6.07) is 4.90. The summed E-state index contributed by atoms with van der Waals surface area (Å²) >= 11 is 11.8. The van der Waals surface area contributed by atoms with Gasteiger partial charge < -0.3 is 0 Å². The van der Waals surface area contributed by atoms with Gasteiger partial charge in [-0.3, -0.25) is 9.59 Å². The van der Waals surface area contributed by atoms with Crippen LogP contribution in [0.5, 0.6) is 0 Å². The van der Waals surface area contributed by atoms with Crippen LogP contribution in [0.15, 0.2) is 18.2 Å². The van der Waals surface area contributed by atoms with E-state index in [1.165, 1.54) is 0 Å². The Balaban J connectivity index is 2.46. The van der Waals surface area contributed by atoms with Gasteiger partial charge >= 0.3 is 0 Å². The van der Waals surface area contributed by atoms with Crippen LogP contribution in [0.4, 0.5) is 5.69 Å². The van der Waals surface area contributed by atoms with Crippen LogP contribution in [0.2, 0.25) is 10.0 Å². The number of piperidine rings is 1. The largest absolute Gasteiger partial charge is 0.274 e. The number of amides is 2. The lowest BCUT2D eigenvalue weighted by molar-refractivity contribution is -0.129. The minimum Gasteiger partial charge on any atom is -0.274 e. The molecule has 84 valence electrons. The lowest BCUT2D eigenvalue weighted by Gasteiger charge is -2.25. The highest BCUT2D eigenvalue weighted by atomic mass is 35.5. The number of carbonyl (C=O) groups is 2. The molecule has 0 saturated carbocycles. The molecule has 1 aromatic rings. The van der Waals surface area contributed by atoms with E-state index in [0.29, 0.717) is 30.0 Å². The van der Waals surface area contributed by atoms with Crippen molar-refractivity contribution in [3.8, 4) is 0 Å². The second kappa shape index (κ2) is 4.44. The van der Waals surface area contributed by atoms with E-state index >= 15 is 0 Å². The van der Waals surface area contributed by atoms with Crippen LogP contribution >= 0.6 is 23.2 Å². The summed E-state index contributed by atoms with van der Waals surface area (Å²) < 4.78 is 0. The Labute approximate surface area is 103 Å². The maximum Gasteiger partial charge on any atom is 0.233 e. The molecular formula is C11H9Cl2NO2. The SMILES string of the molecule is O=C1CCCC(=O)N1c1cccc(Cl)c1Cl. The average molecular weight is 258 g/mol. The van der Waals surface area contributed by atoms with Gasteiger partial charge in [-0.1, -0.05) is 29.3 Å². The predicted octanol–water partition coefficient (Wildman–Crippen LogP) is 3.04. The number of imide groups is 1. The summed E-state index contributed by atoms with van der Waals surface area (Å²) in [6.45, 7) is 0. The molecule has 5 heteroatoms. The number of hydrogen-bond donors (Lipinski definition) is 0. The summed E-state index contributed by atoms with van der Waals surface area (Å²) in [5.74, 6) is -0.444. The van der Waals surface area contributed by atoms with E-state index in [-0.39, 0.29) is 16.8 Å². The molecule has 0 aliphatic carbocycles. The molecule has 2 amide bonds. The van der Waals surface area contributed by atoms with Crippen molar-refractivity contribution in [1.82, 2.24) is 0 Å². The van der Waals surface area contributed by atoms with Gasteiger partial charge in [0.2, 0.25) is 11.8 Å². The van der Waals surface area contributed by atoms with Gasteiger partial charge in [0.15, 0.2) is 0 Å². The zero-order chi connectivity index (χ0) is 11.7. The number of halogens is 2. The minimum atomic E-state index is -0.222. The summed E-state index contributed by atoms with van der Waals surface area (Å²) in [4.78, 5) is 24.5.